The molecule has 0 atom stereocenters. The Hall–Kier alpha value is -0.850. The summed E-state index contributed by atoms with van der Waals surface area (Å²) in [5.41, 5.74) is 0.981. The van der Waals surface area contributed by atoms with Gasteiger partial charge < -0.3 is 0 Å². The van der Waals surface area contributed by atoms with Gasteiger partial charge in [-0.05, 0) is 20.6 Å². The molecule has 0 rings (SSSR count). The first kappa shape index (κ1) is 10.2. The van der Waals surface area contributed by atoms with Crippen LogP contribution in [0.1, 0.15) is 13.8 Å². The Morgan fingerprint density at radius 1 is 1.50 bits per heavy atom. The Morgan fingerprint density at radius 2 is 1.88 bits per heavy atom. The first-order valence-electron chi connectivity index (χ1n) is 2.41. The molecule has 0 aromatic rings. The molecule has 0 spiro atoms. The molecule has 0 aromatic heterocycles. The maximum absolute atomic E-state index is 3.62. The molecule has 46 valence electrons. The predicted molar refractivity (Wildman–Crippen MR) is 40.2 cm³/mol. The van der Waals surface area contributed by atoms with E-state index in [0.717, 1.165) is 5.70 Å². The molecule has 0 N–H and O–H groups in total. The van der Waals surface area contributed by atoms with Gasteiger partial charge in [0, 0.05) is 5.70 Å². The average Bonchev–Trinajstić information content (AvgIpc) is 1.91. The van der Waals surface area contributed by atoms with Gasteiger partial charge in [0.1, 0.15) is 0 Å². The van der Waals surface area contributed by atoms with E-state index < -0.39 is 0 Å². The van der Waals surface area contributed by atoms with Crippen LogP contribution in [-0.2, 0) is 0 Å². The van der Waals surface area contributed by atoms with E-state index in [1.54, 1.807) is 0 Å². The van der Waals surface area contributed by atoms with Gasteiger partial charge in [0.15, 0.2) is 0 Å². The molecular formula is C7H13N. The Bertz CT molecular complexity index is 82.4. The topological polar surface area (TPSA) is 12.4 Å². The molecule has 0 radical (unpaired) electrons. The summed E-state index contributed by atoms with van der Waals surface area (Å²) < 4.78 is 0. The van der Waals surface area contributed by atoms with Gasteiger partial charge >= 0.3 is 0 Å². The van der Waals surface area contributed by atoms with Crippen LogP contribution in [-0.4, -0.2) is 6.72 Å². The number of aliphatic imine (C=N–C) groups is 1. The summed E-state index contributed by atoms with van der Waals surface area (Å²) in [6.07, 6.45) is 1.91. The molecule has 0 bridgehead atoms. The van der Waals surface area contributed by atoms with Crippen molar-refractivity contribution in [3.8, 4) is 0 Å². The third-order valence-corrected chi connectivity index (χ3v) is 0.667. The van der Waals surface area contributed by atoms with Gasteiger partial charge in [-0.2, -0.15) is 0 Å². The van der Waals surface area contributed by atoms with Crippen molar-refractivity contribution in [1.29, 1.82) is 0 Å². The number of hydrogen-bond acceptors (Lipinski definition) is 1. The zero-order valence-electron chi connectivity index (χ0n) is 5.65. The first-order valence-corrected chi connectivity index (χ1v) is 2.41. The van der Waals surface area contributed by atoms with Crippen molar-refractivity contribution < 1.29 is 0 Å². The molecule has 8 heavy (non-hydrogen) atoms. The van der Waals surface area contributed by atoms with Crippen molar-refractivity contribution in [1.82, 2.24) is 0 Å². The average molecular weight is 111 g/mol. The third-order valence-electron chi connectivity index (χ3n) is 0.667. The van der Waals surface area contributed by atoms with E-state index in [0.29, 0.717) is 0 Å². The van der Waals surface area contributed by atoms with E-state index >= 15 is 0 Å². The van der Waals surface area contributed by atoms with Crippen molar-refractivity contribution in [3.63, 3.8) is 0 Å². The van der Waals surface area contributed by atoms with Crippen LogP contribution in [0.4, 0.5) is 0 Å². The highest BCUT2D eigenvalue weighted by Gasteiger charge is 1.67. The summed E-state index contributed by atoms with van der Waals surface area (Å²) in [5.74, 6) is 0. The van der Waals surface area contributed by atoms with Gasteiger partial charge in [0.25, 0.3) is 0 Å². The number of nitrogens with zero attached hydrogens (tertiary/aromatic N) is 1. The molecule has 1 nitrogen and oxygen atoms in total. The fourth-order valence-electron chi connectivity index (χ4n) is 0.0913. The normalized spacial score (nSPS) is 9.00. The molecule has 0 heterocycles. The minimum atomic E-state index is 0.981. The van der Waals surface area contributed by atoms with Crippen LogP contribution in [0.3, 0.4) is 0 Å². The van der Waals surface area contributed by atoms with Crippen molar-refractivity contribution in [2.45, 2.75) is 13.8 Å². The standard InChI is InChI=1S/C5H9N.C2H4/c1-4-5(2)6-3;1-2/h4H,3H2,1-2H3;1-2H2/b5-4-;. The zero-order chi connectivity index (χ0) is 6.99. The predicted octanol–water partition coefficient (Wildman–Crippen LogP) is 2.41. The maximum atomic E-state index is 3.62. The molecule has 0 fully saturated rings. The fraction of sp³-hybridized carbons (Fsp3) is 0.286. The van der Waals surface area contributed by atoms with Gasteiger partial charge in [0.05, 0.1) is 0 Å². The molecule has 0 aliphatic carbocycles. The van der Waals surface area contributed by atoms with E-state index in [2.05, 4.69) is 24.9 Å². The molecule has 0 amide bonds. The Morgan fingerprint density at radius 3 is 1.88 bits per heavy atom. The lowest BCUT2D eigenvalue weighted by Crippen LogP contribution is -1.58. The Kier molecular flexibility index (Phi) is 12.1. The Labute approximate surface area is 51.5 Å². The highest BCUT2D eigenvalue weighted by molar-refractivity contribution is 5.27. The lowest BCUT2D eigenvalue weighted by Gasteiger charge is -1.78. The third kappa shape index (κ3) is 8.94. The SMILES string of the molecule is C=C.C=N/C(C)=C\C. The monoisotopic (exact) mass is 111 g/mol. The minimum Gasteiger partial charge on any atom is -0.270 e. The van der Waals surface area contributed by atoms with E-state index in [1.807, 2.05) is 19.9 Å². The molecule has 0 aliphatic rings. The molecular weight excluding hydrogens is 98.1 g/mol. The lowest BCUT2D eigenvalue weighted by atomic mass is 10.5. The summed E-state index contributed by atoms with van der Waals surface area (Å²) in [6.45, 7) is 13.2. The minimum absolute atomic E-state index is 0.981. The second-order valence-corrected chi connectivity index (χ2v) is 1.09. The van der Waals surface area contributed by atoms with Crippen LogP contribution >= 0.6 is 0 Å². The number of rotatable bonds is 1. The summed E-state index contributed by atoms with van der Waals surface area (Å²) in [7, 11) is 0. The summed E-state index contributed by atoms with van der Waals surface area (Å²) >= 11 is 0. The van der Waals surface area contributed by atoms with Crippen molar-refractivity contribution in [2.24, 2.45) is 4.99 Å². The van der Waals surface area contributed by atoms with Gasteiger partial charge in [-0.25, -0.2) is 0 Å². The maximum Gasteiger partial charge on any atom is 0.0322 e. The highest BCUT2D eigenvalue weighted by atomic mass is 14.7. The van der Waals surface area contributed by atoms with Crippen LogP contribution in [0.2, 0.25) is 0 Å². The zero-order valence-corrected chi connectivity index (χ0v) is 5.65. The largest absolute Gasteiger partial charge is 0.270 e. The van der Waals surface area contributed by atoms with Crippen LogP contribution < -0.4 is 0 Å². The van der Waals surface area contributed by atoms with Gasteiger partial charge in [-0.3, -0.25) is 4.99 Å². The number of hydrogen-bond donors (Lipinski definition) is 0. The van der Waals surface area contributed by atoms with Crippen LogP contribution in [0.25, 0.3) is 0 Å². The summed E-state index contributed by atoms with van der Waals surface area (Å²) in [5, 5.41) is 0. The van der Waals surface area contributed by atoms with E-state index in [-0.39, 0.29) is 0 Å². The van der Waals surface area contributed by atoms with Crippen LogP contribution in [0.15, 0.2) is 29.9 Å². The lowest BCUT2D eigenvalue weighted by molar-refractivity contribution is 1.30. The summed E-state index contributed by atoms with van der Waals surface area (Å²) in [4.78, 5) is 3.62. The van der Waals surface area contributed by atoms with Gasteiger partial charge in [0.2, 0.25) is 0 Å². The molecule has 0 aromatic carbocycles. The second-order valence-electron chi connectivity index (χ2n) is 1.09. The van der Waals surface area contributed by atoms with Crippen molar-refractivity contribution in [2.75, 3.05) is 0 Å². The number of allylic oxidation sites excluding steroid dienone is 2. The van der Waals surface area contributed by atoms with Crippen molar-refractivity contribution in [3.05, 3.63) is 24.9 Å². The molecule has 0 saturated heterocycles. The Balaban J connectivity index is 0. The molecule has 1 heteroatoms. The molecule has 0 saturated carbocycles. The fourth-order valence-corrected chi connectivity index (χ4v) is 0.0913. The quantitative estimate of drug-likeness (QED) is 0.364. The van der Waals surface area contributed by atoms with E-state index in [1.165, 1.54) is 0 Å². The van der Waals surface area contributed by atoms with E-state index in [9.17, 15) is 0 Å². The highest BCUT2D eigenvalue weighted by Crippen LogP contribution is 1.87. The molecule has 0 aliphatic heterocycles. The van der Waals surface area contributed by atoms with Crippen molar-refractivity contribution >= 4 is 6.72 Å². The van der Waals surface area contributed by atoms with Crippen LogP contribution in [0, 0.1) is 0 Å². The smallest absolute Gasteiger partial charge is 0.0322 e. The first-order chi connectivity index (χ1) is 3.81. The van der Waals surface area contributed by atoms with Gasteiger partial charge in [-0.1, -0.05) is 6.08 Å². The van der Waals surface area contributed by atoms with E-state index in [4.69, 9.17) is 0 Å². The second kappa shape index (κ2) is 9.47. The van der Waals surface area contributed by atoms with Crippen LogP contribution in [0.5, 0.6) is 0 Å². The summed E-state index contributed by atoms with van der Waals surface area (Å²) in [6, 6.07) is 0. The molecule has 0 unspecified atom stereocenters. The van der Waals surface area contributed by atoms with Gasteiger partial charge in [-0.15, -0.1) is 13.2 Å².